The van der Waals surface area contributed by atoms with E-state index in [-0.39, 0.29) is 37.0 Å². The van der Waals surface area contributed by atoms with Crippen molar-refractivity contribution in [2.45, 2.75) is 153 Å². The fraction of sp³-hybridized carbons (Fsp3) is 0.827. The fourth-order valence-corrected chi connectivity index (χ4v) is 13.2. The van der Waals surface area contributed by atoms with E-state index < -0.39 is 10.8 Å². The van der Waals surface area contributed by atoms with Crippen LogP contribution in [0, 0.1) is 0 Å². The van der Waals surface area contributed by atoms with Crippen molar-refractivity contribution in [3.63, 3.8) is 0 Å². The van der Waals surface area contributed by atoms with E-state index in [0.717, 1.165) is 186 Å². The summed E-state index contributed by atoms with van der Waals surface area (Å²) in [6, 6.07) is 9.55. The Labute approximate surface area is 631 Å². The van der Waals surface area contributed by atoms with Crippen LogP contribution in [-0.2, 0) is 29.9 Å². The molecule has 8 saturated heterocycles. The number of amides is 3. The lowest BCUT2D eigenvalue weighted by Gasteiger charge is -2.38. The highest BCUT2D eigenvalue weighted by Crippen LogP contribution is 2.21. The van der Waals surface area contributed by atoms with Crippen LogP contribution in [0.15, 0.2) is 47.7 Å². The molecule has 104 heavy (non-hydrogen) atoms. The topological polar surface area (TPSA) is 295 Å². The number of β-amino-alcohol motifs (C(OH)–C–C–N with tert-alkyl or cyclic N) is 1. The Balaban J connectivity index is 0.00000114. The Kier molecular flexibility index (Phi) is 62.1. The SMILES string of the molecule is C.CF.CN1CCC(O)C1.CN1CCC(O)CC1.CN1CCS(=O)CC1.CNC1CCC(OCCN2CCOCC2)CC1.CNC1CCNCC1.CNC1CN(C(=O)c2cccnc2)C1.CNCC(=O)N(C)C.CNCCCCN1CCCC1=O.CNCCN1CCCC1C.CNc1ccc(=O)[nH]c1. The van der Waals surface area contributed by atoms with Gasteiger partial charge in [0.25, 0.3) is 5.91 Å². The number of nitrogens with zero attached hydrogens (tertiary/aromatic N) is 9. The second kappa shape index (κ2) is 64.7. The first-order valence-corrected chi connectivity index (χ1v) is 39.7. The van der Waals surface area contributed by atoms with E-state index in [0.29, 0.717) is 43.4 Å². The summed E-state index contributed by atoms with van der Waals surface area (Å²) in [4.78, 5) is 67.3. The zero-order chi connectivity index (χ0) is 76.4. The number of aliphatic hydroxyl groups excluding tert-OH is 2. The van der Waals surface area contributed by atoms with Crippen molar-refractivity contribution >= 4 is 34.2 Å². The van der Waals surface area contributed by atoms with E-state index in [1.165, 1.54) is 90.0 Å². The molecule has 1 saturated carbocycles. The lowest BCUT2D eigenvalue weighted by molar-refractivity contribution is -0.128. The minimum absolute atomic E-state index is 0. The third-order valence-electron chi connectivity index (χ3n) is 19.2. The summed E-state index contributed by atoms with van der Waals surface area (Å²) < 4.78 is 31.5. The summed E-state index contributed by atoms with van der Waals surface area (Å²) in [5.41, 5.74) is 1.51. The van der Waals surface area contributed by atoms with E-state index in [4.69, 9.17) is 19.7 Å². The number of aromatic amines is 1. The molecule has 8 aliphatic heterocycles. The van der Waals surface area contributed by atoms with E-state index in [1.807, 2.05) is 45.0 Å². The van der Waals surface area contributed by atoms with Gasteiger partial charge in [-0.2, -0.15) is 0 Å². The summed E-state index contributed by atoms with van der Waals surface area (Å²) in [6.45, 7) is 25.3. The van der Waals surface area contributed by atoms with Gasteiger partial charge in [-0.25, -0.2) is 0 Å². The highest BCUT2D eigenvalue weighted by Gasteiger charge is 2.30. The van der Waals surface area contributed by atoms with Crippen LogP contribution in [0.4, 0.5) is 10.1 Å². The van der Waals surface area contributed by atoms with Gasteiger partial charge in [-0.3, -0.25) is 42.6 Å². The van der Waals surface area contributed by atoms with Crippen LogP contribution >= 0.6 is 0 Å². The minimum Gasteiger partial charge on any atom is -0.393 e. The molecule has 0 bridgehead atoms. The molecule has 1 aliphatic carbocycles. The van der Waals surface area contributed by atoms with Gasteiger partial charge in [-0.1, -0.05) is 7.43 Å². The summed E-state index contributed by atoms with van der Waals surface area (Å²) in [5.74, 6) is 2.27. The molecule has 11 N–H and O–H groups in total. The summed E-state index contributed by atoms with van der Waals surface area (Å²) in [6.07, 6.45) is 22.6. The molecule has 0 spiro atoms. The molecule has 0 aromatic carbocycles. The number of nitrogens with one attached hydrogen (secondary N) is 9. The van der Waals surface area contributed by atoms with Gasteiger partial charge >= 0.3 is 0 Å². The second-order valence-electron chi connectivity index (χ2n) is 27.7. The summed E-state index contributed by atoms with van der Waals surface area (Å²) in [7, 11) is 23.2. The van der Waals surface area contributed by atoms with Crippen LogP contribution in [-0.4, -0.2) is 378 Å². The standard InChI is InChI=1S/C13H26N2O2.C10H13N3O.C9H18N2O.C8H18N2.C6H8N2O.C6H14N2.C6H13NO.C5H12N2O.C5H11NOS.C5H11NO.CH3F.CH4/c1-14-12-2-4-13(5-3-12)17-11-8-15-6-9-16-10-7-15;1-11-9-6-13(7-9)10(14)8-3-2-4-12-5-8;1-10-6-2-3-7-11-8-4-5-9(11)12;1-8-4-3-6-10(8)7-5-9-2;1-7-5-2-3-6(9)8-4-5;1-7-6-2-4-8-5-3-6;1-7-4-2-6(8)3-5-7;1-6-4-5(8)7(2)3;1-6-2-4-8(7)5-3-6;1-6-3-2-5(7)4-6;1-2;/h12-14H,2-11H2,1H3;2-5,9,11H,6-7H2,1H3;10H,2-8H2,1H3;8-9H,3-7H2,1-2H3;2-4,7H,1H3,(H,8,9);6-8H,2-5H2,1H3;6,8H,2-5H2,1H3;6H,4H2,1-3H3;2-5H2,1H3;5,7H,2-4H2,1H3;1H3;1H4. The molecule has 9 fully saturated rings. The number of ether oxygens (including phenoxy) is 2. The van der Waals surface area contributed by atoms with Crippen LogP contribution in [0.25, 0.3) is 0 Å². The number of hydrogen-bond donors (Lipinski definition) is 11. The zero-order valence-corrected chi connectivity index (χ0v) is 67.2. The number of anilines is 1. The van der Waals surface area contributed by atoms with E-state index >= 15 is 0 Å². The highest BCUT2D eigenvalue weighted by atomic mass is 32.2. The van der Waals surface area contributed by atoms with Crippen LogP contribution in [0.2, 0.25) is 0 Å². The molecule has 27 nitrogen and oxygen atoms in total. The monoisotopic (exact) mass is 1500 g/mol. The first kappa shape index (κ1) is 99.8. The zero-order valence-electron chi connectivity index (χ0n) is 66.4. The molecule has 2 atom stereocenters. The van der Waals surface area contributed by atoms with E-state index in [1.54, 1.807) is 69.9 Å². The molecule has 3 amide bonds. The van der Waals surface area contributed by atoms with Gasteiger partial charge < -0.3 is 96.6 Å². The molecular formula is C75H151FN18O9S. The van der Waals surface area contributed by atoms with Gasteiger partial charge in [-0.15, -0.1) is 0 Å². The third-order valence-corrected chi connectivity index (χ3v) is 20.4. The van der Waals surface area contributed by atoms with E-state index in [9.17, 15) is 27.8 Å². The van der Waals surface area contributed by atoms with Gasteiger partial charge in [0.05, 0.1) is 63.1 Å². The number of aromatic nitrogens is 2. The average Bonchev–Trinajstić information content (AvgIpc) is 1.06. The van der Waals surface area contributed by atoms with Crippen molar-refractivity contribution in [1.82, 2.24) is 86.4 Å². The number of unbranched alkanes of at least 4 members (excludes halogenated alkanes) is 1. The van der Waals surface area contributed by atoms with Crippen LogP contribution in [0.5, 0.6) is 0 Å². The number of hydrogen-bond acceptors (Lipinski definition) is 23. The lowest BCUT2D eigenvalue weighted by atomic mass is 9.93. The normalized spacial score (nSPS) is 21.7. The number of H-pyrrole nitrogens is 1. The second-order valence-corrected chi connectivity index (χ2v) is 29.4. The minimum atomic E-state index is -0.503. The van der Waals surface area contributed by atoms with Gasteiger partial charge in [0.1, 0.15) is 0 Å². The summed E-state index contributed by atoms with van der Waals surface area (Å²) in [5, 5.41) is 42.8. The molecule has 2 aromatic rings. The number of carbonyl (C=O) groups is 3. The number of rotatable bonds is 19. The smallest absolute Gasteiger partial charge is 0.255 e. The highest BCUT2D eigenvalue weighted by molar-refractivity contribution is 7.85. The van der Waals surface area contributed by atoms with Gasteiger partial charge in [0, 0.05) is 197 Å². The molecule has 0 radical (unpaired) electrons. The number of aliphatic hydroxyl groups is 2. The number of carbonyl (C=O) groups excluding carboxylic acids is 3. The van der Waals surface area contributed by atoms with Gasteiger partial charge in [0.2, 0.25) is 17.4 Å². The largest absolute Gasteiger partial charge is 0.393 e. The number of likely N-dealkylation sites (N-methyl/N-ethyl adjacent to an activating group) is 5. The molecule has 10 heterocycles. The Morgan fingerprint density at radius 3 is 1.73 bits per heavy atom. The van der Waals surface area contributed by atoms with Crippen molar-refractivity contribution in [1.29, 1.82) is 0 Å². The maximum Gasteiger partial charge on any atom is 0.255 e. The Morgan fingerprint density at radius 1 is 0.683 bits per heavy atom. The number of likely N-dealkylation sites (tertiary alicyclic amines) is 5. The van der Waals surface area contributed by atoms with Crippen molar-refractivity contribution in [3.8, 4) is 0 Å². The van der Waals surface area contributed by atoms with E-state index in [2.05, 4.69) is 105 Å². The Bertz CT molecular complexity index is 2380. The van der Waals surface area contributed by atoms with Crippen molar-refractivity contribution in [2.24, 2.45) is 0 Å². The Morgan fingerprint density at radius 2 is 1.29 bits per heavy atom. The number of alkyl halides is 1. The first-order chi connectivity index (χ1) is 49.7. The fourth-order valence-electron chi connectivity index (χ4n) is 11.9. The van der Waals surface area contributed by atoms with Gasteiger partial charge in [-0.05, 0) is 205 Å². The quantitative estimate of drug-likeness (QED) is 0.0902. The van der Waals surface area contributed by atoms with Crippen molar-refractivity contribution in [3.05, 3.63) is 58.8 Å². The lowest BCUT2D eigenvalue weighted by Crippen LogP contribution is -2.58. The molecule has 29 heteroatoms. The number of morpholine rings is 1. The maximum absolute atomic E-state index is 11.7. The summed E-state index contributed by atoms with van der Waals surface area (Å²) >= 11 is 0. The molecule has 2 aromatic heterocycles. The van der Waals surface area contributed by atoms with Crippen LogP contribution in [0.3, 0.4) is 0 Å². The molecular weight excluding hydrogens is 1350 g/mol. The third kappa shape index (κ3) is 49.7. The van der Waals surface area contributed by atoms with Gasteiger partial charge in [0.15, 0.2) is 0 Å². The Hall–Kier alpha value is -4.25. The van der Waals surface area contributed by atoms with Crippen LogP contribution in [0.1, 0.15) is 121 Å². The number of halogens is 1. The molecule has 11 rings (SSSR count). The van der Waals surface area contributed by atoms with Crippen LogP contribution < -0.4 is 48.1 Å². The predicted octanol–water partition coefficient (Wildman–Crippen LogP) is 2.62. The van der Waals surface area contributed by atoms with Crippen molar-refractivity contribution < 1.29 is 42.7 Å². The number of pyridine rings is 2. The van der Waals surface area contributed by atoms with Crippen molar-refractivity contribution in [2.75, 3.05) is 259 Å². The number of piperidine rings is 2. The first-order valence-electron chi connectivity index (χ1n) is 38.2. The predicted molar refractivity (Wildman–Crippen MR) is 429 cm³/mol. The maximum atomic E-state index is 11.7. The average molecular weight is 1500 g/mol. The molecule has 608 valence electrons. The molecule has 9 aliphatic rings. The molecule has 2 unspecified atom stereocenters.